The zero-order valence-corrected chi connectivity index (χ0v) is 24.4. The van der Waals surface area contributed by atoms with Crippen molar-refractivity contribution in [3.05, 3.63) is 0 Å². The van der Waals surface area contributed by atoms with Crippen LogP contribution >= 0.6 is 0 Å². The fraction of sp³-hybridized carbons (Fsp3) is 0.966. The van der Waals surface area contributed by atoms with Crippen molar-refractivity contribution in [1.82, 2.24) is 5.32 Å². The predicted molar refractivity (Wildman–Crippen MR) is 149 cm³/mol. The van der Waals surface area contributed by atoms with E-state index in [0.29, 0.717) is 6.42 Å². The van der Waals surface area contributed by atoms with Gasteiger partial charge in [-0.1, -0.05) is 97.8 Å². The second-order valence-electron chi connectivity index (χ2n) is 11.5. The van der Waals surface area contributed by atoms with E-state index in [-0.39, 0.29) is 24.9 Å². The van der Waals surface area contributed by atoms with Gasteiger partial charge in [-0.25, -0.2) is 0 Å². The van der Waals surface area contributed by atoms with Gasteiger partial charge in [-0.15, -0.1) is 0 Å². The molecule has 0 aromatic rings. The minimum Gasteiger partial charge on any atom is -0.394 e. The lowest BCUT2D eigenvalue weighted by Gasteiger charge is -2.40. The maximum absolute atomic E-state index is 12.4. The minimum atomic E-state index is -1.60. The lowest BCUT2D eigenvalue weighted by Crippen LogP contribution is -2.60. The molecule has 1 amide bonds. The molecule has 1 aliphatic heterocycles. The van der Waals surface area contributed by atoms with Gasteiger partial charge in [-0.05, 0) is 12.3 Å². The minimum absolute atomic E-state index is 0.0835. The molecule has 0 aliphatic carbocycles. The first kappa shape index (κ1) is 36.2. The van der Waals surface area contributed by atoms with Gasteiger partial charge in [0.25, 0.3) is 0 Å². The lowest BCUT2D eigenvalue weighted by molar-refractivity contribution is -0.303. The number of aliphatic hydroxyl groups excluding tert-OH is 6. The molecule has 0 radical (unpaired) electrons. The van der Waals surface area contributed by atoms with E-state index in [1.165, 1.54) is 51.4 Å². The molecule has 39 heavy (non-hydrogen) atoms. The molecular weight excluding hydrogens is 506 g/mol. The Morgan fingerprint density at radius 2 is 1.38 bits per heavy atom. The van der Waals surface area contributed by atoms with Crippen LogP contribution in [0.25, 0.3) is 0 Å². The molecule has 232 valence electrons. The first-order valence-corrected chi connectivity index (χ1v) is 15.2. The van der Waals surface area contributed by atoms with Crippen LogP contribution < -0.4 is 5.32 Å². The molecular formula is C29H57NO9. The number of aliphatic hydroxyl groups is 6. The number of hydrogen-bond donors (Lipinski definition) is 7. The predicted octanol–water partition coefficient (Wildman–Crippen LogP) is 2.15. The van der Waals surface area contributed by atoms with Gasteiger partial charge in [-0.3, -0.25) is 4.79 Å². The van der Waals surface area contributed by atoms with Crippen LogP contribution in [0.15, 0.2) is 0 Å². The third kappa shape index (κ3) is 14.6. The Morgan fingerprint density at radius 1 is 0.846 bits per heavy atom. The Bertz CT molecular complexity index is 622. The third-order valence-corrected chi connectivity index (χ3v) is 7.39. The number of rotatable bonds is 22. The van der Waals surface area contributed by atoms with Gasteiger partial charge >= 0.3 is 0 Å². The molecule has 0 aromatic heterocycles. The van der Waals surface area contributed by atoms with Crippen LogP contribution in [0.1, 0.15) is 111 Å². The first-order chi connectivity index (χ1) is 18.6. The van der Waals surface area contributed by atoms with Crippen LogP contribution in [-0.2, 0) is 14.3 Å². The summed E-state index contributed by atoms with van der Waals surface area (Å²) in [7, 11) is 0. The Morgan fingerprint density at radius 3 is 1.90 bits per heavy atom. The van der Waals surface area contributed by atoms with Crippen LogP contribution in [0.4, 0.5) is 0 Å². The van der Waals surface area contributed by atoms with E-state index in [0.717, 1.165) is 25.7 Å². The summed E-state index contributed by atoms with van der Waals surface area (Å²) in [5, 5.41) is 63.7. The summed E-state index contributed by atoms with van der Waals surface area (Å²) in [6.45, 7) is 5.09. The number of ether oxygens (including phenoxy) is 2. The van der Waals surface area contributed by atoms with Gasteiger partial charge in [-0.2, -0.15) is 0 Å². The van der Waals surface area contributed by atoms with E-state index in [1.807, 2.05) is 13.8 Å². The third-order valence-electron chi connectivity index (χ3n) is 7.39. The van der Waals surface area contributed by atoms with Gasteiger partial charge in [0.2, 0.25) is 5.91 Å². The molecule has 1 fully saturated rings. The summed E-state index contributed by atoms with van der Waals surface area (Å²) >= 11 is 0. The molecule has 0 bridgehead atoms. The van der Waals surface area contributed by atoms with Gasteiger partial charge in [0, 0.05) is 6.42 Å². The van der Waals surface area contributed by atoms with Crippen molar-refractivity contribution in [1.29, 1.82) is 0 Å². The zero-order chi connectivity index (χ0) is 29.2. The van der Waals surface area contributed by atoms with E-state index in [4.69, 9.17) is 9.47 Å². The largest absolute Gasteiger partial charge is 0.394 e. The quantitative estimate of drug-likeness (QED) is 0.0976. The summed E-state index contributed by atoms with van der Waals surface area (Å²) in [6.07, 6.45) is 5.24. The molecule has 1 aliphatic rings. The maximum Gasteiger partial charge on any atom is 0.220 e. The van der Waals surface area contributed by atoms with Crippen molar-refractivity contribution >= 4 is 5.91 Å². The van der Waals surface area contributed by atoms with Crippen molar-refractivity contribution in [2.75, 3.05) is 13.2 Å². The van der Waals surface area contributed by atoms with Crippen LogP contribution in [0.2, 0.25) is 0 Å². The van der Waals surface area contributed by atoms with Crippen molar-refractivity contribution in [3.8, 4) is 0 Å². The number of carbonyl (C=O) groups excluding carboxylic acids is 1. The Labute approximate surface area is 235 Å². The molecule has 7 N–H and O–H groups in total. The van der Waals surface area contributed by atoms with Crippen LogP contribution in [0, 0.1) is 5.92 Å². The van der Waals surface area contributed by atoms with Crippen LogP contribution in [0.3, 0.4) is 0 Å². The topological polar surface area (TPSA) is 169 Å². The molecule has 0 aromatic carbocycles. The van der Waals surface area contributed by atoms with Crippen LogP contribution in [0.5, 0.6) is 0 Å². The molecule has 0 unspecified atom stereocenters. The van der Waals surface area contributed by atoms with E-state index >= 15 is 0 Å². The molecule has 8 atom stereocenters. The van der Waals surface area contributed by atoms with E-state index in [1.54, 1.807) is 0 Å². The normalized spacial score (nSPS) is 25.9. The van der Waals surface area contributed by atoms with Crippen molar-refractivity contribution in [2.45, 2.75) is 160 Å². The van der Waals surface area contributed by atoms with Gasteiger partial charge in [0.15, 0.2) is 6.29 Å². The standard InChI is InChI=1S/C29H57NO9/c1-4-5-6-7-8-9-10-11-12-13-14-15-16-22(32)25(34)21(30-24(33)17-20(2)3)19-38-29-28(37)27(36)26(35)23(18-31)39-29/h20-23,25-29,31-32,34-37H,4-19H2,1-3H3,(H,30,33)/t21-,22+,23+,25-,26-,27-,28+,29-/m0/s1. The second kappa shape index (κ2) is 20.9. The second-order valence-corrected chi connectivity index (χ2v) is 11.5. The molecule has 0 saturated carbocycles. The van der Waals surface area contributed by atoms with Gasteiger partial charge < -0.3 is 45.4 Å². The summed E-state index contributed by atoms with van der Waals surface area (Å²) < 4.78 is 10.9. The van der Waals surface area contributed by atoms with E-state index in [9.17, 15) is 35.4 Å². The van der Waals surface area contributed by atoms with E-state index in [2.05, 4.69) is 12.2 Å². The highest BCUT2D eigenvalue weighted by Crippen LogP contribution is 2.23. The number of unbranched alkanes of at least 4 members (excludes halogenated alkanes) is 11. The first-order valence-electron chi connectivity index (χ1n) is 15.2. The average molecular weight is 564 g/mol. The molecule has 1 saturated heterocycles. The number of nitrogens with one attached hydrogen (secondary N) is 1. The Hall–Kier alpha value is -0.850. The average Bonchev–Trinajstić information content (AvgIpc) is 2.90. The Kier molecular flexibility index (Phi) is 19.4. The summed E-state index contributed by atoms with van der Waals surface area (Å²) in [5.74, 6) is -0.232. The number of hydrogen-bond acceptors (Lipinski definition) is 9. The molecule has 10 nitrogen and oxygen atoms in total. The highest BCUT2D eigenvalue weighted by molar-refractivity contribution is 5.76. The maximum atomic E-state index is 12.4. The number of amides is 1. The SMILES string of the molecule is CCCCCCCCCCCCCC[C@@H](O)[C@@H](O)[C@H](CO[C@H]1O[C@H](CO)[C@H](O)[C@H](O)[C@H]1O)NC(=O)CC(C)C. The summed E-state index contributed by atoms with van der Waals surface area (Å²) in [6, 6.07) is -0.990. The fourth-order valence-electron chi connectivity index (χ4n) is 4.90. The van der Waals surface area contributed by atoms with Gasteiger partial charge in [0.05, 0.1) is 25.4 Å². The smallest absolute Gasteiger partial charge is 0.220 e. The molecule has 0 spiro atoms. The summed E-state index contributed by atoms with van der Waals surface area (Å²) in [5.41, 5.74) is 0. The highest BCUT2D eigenvalue weighted by atomic mass is 16.7. The fourth-order valence-corrected chi connectivity index (χ4v) is 4.90. The van der Waals surface area contributed by atoms with Gasteiger partial charge in [0.1, 0.15) is 30.5 Å². The van der Waals surface area contributed by atoms with Crippen molar-refractivity contribution in [3.63, 3.8) is 0 Å². The van der Waals surface area contributed by atoms with Crippen molar-refractivity contribution < 1.29 is 44.9 Å². The lowest BCUT2D eigenvalue weighted by atomic mass is 9.98. The molecule has 1 rings (SSSR count). The summed E-state index contributed by atoms with van der Waals surface area (Å²) in [4.78, 5) is 12.4. The van der Waals surface area contributed by atoms with Crippen LogP contribution in [-0.4, -0.2) is 98.7 Å². The van der Waals surface area contributed by atoms with Crippen molar-refractivity contribution in [2.24, 2.45) is 5.92 Å². The molecule has 1 heterocycles. The zero-order valence-electron chi connectivity index (χ0n) is 24.4. The number of carbonyl (C=O) groups is 1. The Balaban J connectivity index is 2.48. The van der Waals surface area contributed by atoms with E-state index < -0.39 is 55.6 Å². The highest BCUT2D eigenvalue weighted by Gasteiger charge is 2.44. The monoisotopic (exact) mass is 563 g/mol. The molecule has 10 heteroatoms.